The van der Waals surface area contributed by atoms with Gasteiger partial charge < -0.3 is 15.4 Å². The van der Waals surface area contributed by atoms with Crippen LogP contribution in [0.2, 0.25) is 0 Å². The van der Waals surface area contributed by atoms with E-state index < -0.39 is 0 Å². The average Bonchev–Trinajstić information content (AvgIpc) is 2.59. The summed E-state index contributed by atoms with van der Waals surface area (Å²) in [6.07, 6.45) is 0.947. The zero-order valence-electron chi connectivity index (χ0n) is 13.8. The third kappa shape index (κ3) is 5.33. The molecule has 0 heterocycles. The van der Waals surface area contributed by atoms with Crippen molar-refractivity contribution in [3.8, 4) is 16.9 Å². The fraction of sp³-hybridized carbons (Fsp3) is 0.316. The third-order valence-electron chi connectivity index (χ3n) is 3.41. The maximum atomic E-state index is 11.6. The van der Waals surface area contributed by atoms with E-state index in [0.717, 1.165) is 35.5 Å². The molecule has 122 valence electrons. The fourth-order valence-electron chi connectivity index (χ4n) is 2.20. The molecule has 2 aromatic carbocycles. The van der Waals surface area contributed by atoms with Gasteiger partial charge in [0.15, 0.2) is 0 Å². The van der Waals surface area contributed by atoms with E-state index >= 15 is 0 Å². The molecule has 0 radical (unpaired) electrons. The Morgan fingerprint density at radius 3 is 2.13 bits per heavy atom. The molecule has 1 amide bonds. The zero-order chi connectivity index (χ0) is 16.5. The highest BCUT2D eigenvalue weighted by atomic mass is 16.5. The summed E-state index contributed by atoms with van der Waals surface area (Å²) in [4.78, 5) is 11.6. The van der Waals surface area contributed by atoms with Crippen LogP contribution in [0.4, 0.5) is 5.69 Å². The van der Waals surface area contributed by atoms with Crippen molar-refractivity contribution in [1.82, 2.24) is 5.32 Å². The van der Waals surface area contributed by atoms with E-state index in [1.165, 1.54) is 0 Å². The molecule has 0 saturated carbocycles. The molecule has 2 N–H and O–H groups in total. The van der Waals surface area contributed by atoms with Gasteiger partial charge in [0.25, 0.3) is 0 Å². The minimum Gasteiger partial charge on any atom is -0.494 e. The molecular formula is C19H24N2O2. The van der Waals surface area contributed by atoms with Crippen LogP contribution in [0.3, 0.4) is 0 Å². The highest BCUT2D eigenvalue weighted by molar-refractivity contribution is 5.80. The number of carbonyl (C=O) groups is 1. The van der Waals surface area contributed by atoms with Gasteiger partial charge in [0.1, 0.15) is 5.75 Å². The maximum Gasteiger partial charge on any atom is 0.239 e. The number of benzene rings is 2. The Bertz CT molecular complexity index is 606. The van der Waals surface area contributed by atoms with Crippen LogP contribution in [0.1, 0.15) is 20.3 Å². The minimum absolute atomic E-state index is 0.0161. The van der Waals surface area contributed by atoms with Crippen molar-refractivity contribution in [3.05, 3.63) is 48.5 Å². The Labute approximate surface area is 137 Å². The topological polar surface area (TPSA) is 50.4 Å². The third-order valence-corrected chi connectivity index (χ3v) is 3.41. The molecule has 23 heavy (non-hydrogen) atoms. The van der Waals surface area contributed by atoms with Gasteiger partial charge in [-0.05, 0) is 48.7 Å². The molecule has 0 spiro atoms. The van der Waals surface area contributed by atoms with Crippen LogP contribution in [0, 0.1) is 0 Å². The molecule has 0 fully saturated rings. The van der Waals surface area contributed by atoms with Crippen LogP contribution in [0.15, 0.2) is 48.5 Å². The van der Waals surface area contributed by atoms with Crippen molar-refractivity contribution >= 4 is 11.6 Å². The zero-order valence-corrected chi connectivity index (χ0v) is 13.8. The first kappa shape index (κ1) is 16.9. The van der Waals surface area contributed by atoms with Crippen molar-refractivity contribution in [3.63, 3.8) is 0 Å². The number of rotatable bonds is 8. The van der Waals surface area contributed by atoms with E-state index in [2.05, 4.69) is 10.6 Å². The van der Waals surface area contributed by atoms with Gasteiger partial charge in [0.2, 0.25) is 5.91 Å². The normalized spacial score (nSPS) is 10.2. The van der Waals surface area contributed by atoms with E-state index in [-0.39, 0.29) is 5.91 Å². The van der Waals surface area contributed by atoms with Crippen molar-refractivity contribution in [2.75, 3.05) is 25.0 Å². The molecule has 4 nitrogen and oxygen atoms in total. The molecular weight excluding hydrogens is 288 g/mol. The SMILES string of the molecule is CCCNC(=O)CNc1ccc(-c2ccc(OCC)cc2)cc1. The first-order valence-corrected chi connectivity index (χ1v) is 8.06. The van der Waals surface area contributed by atoms with E-state index in [1.807, 2.05) is 62.4 Å². The molecule has 0 unspecified atom stereocenters. The van der Waals surface area contributed by atoms with Gasteiger partial charge in [-0.25, -0.2) is 0 Å². The molecule has 0 aromatic heterocycles. The highest BCUT2D eigenvalue weighted by Crippen LogP contribution is 2.23. The summed E-state index contributed by atoms with van der Waals surface area (Å²) in [5.41, 5.74) is 3.21. The van der Waals surface area contributed by atoms with Crippen LogP contribution in [-0.2, 0) is 4.79 Å². The van der Waals surface area contributed by atoms with Gasteiger partial charge in [-0.2, -0.15) is 0 Å². The van der Waals surface area contributed by atoms with E-state index in [4.69, 9.17) is 4.74 Å². The largest absolute Gasteiger partial charge is 0.494 e. The summed E-state index contributed by atoms with van der Waals surface area (Å²) in [7, 11) is 0. The van der Waals surface area contributed by atoms with Gasteiger partial charge in [-0.1, -0.05) is 31.2 Å². The number of ether oxygens (including phenoxy) is 1. The molecule has 0 aliphatic rings. The van der Waals surface area contributed by atoms with Crippen LogP contribution in [-0.4, -0.2) is 25.6 Å². The van der Waals surface area contributed by atoms with Gasteiger partial charge >= 0.3 is 0 Å². The van der Waals surface area contributed by atoms with Gasteiger partial charge in [-0.3, -0.25) is 4.79 Å². The molecule has 2 rings (SSSR count). The number of hydrogen-bond donors (Lipinski definition) is 2. The first-order chi connectivity index (χ1) is 11.2. The van der Waals surface area contributed by atoms with Gasteiger partial charge in [0.05, 0.1) is 13.2 Å². The summed E-state index contributed by atoms with van der Waals surface area (Å²) >= 11 is 0. The lowest BCUT2D eigenvalue weighted by Crippen LogP contribution is -2.30. The van der Waals surface area contributed by atoms with Crippen LogP contribution < -0.4 is 15.4 Å². The number of amides is 1. The van der Waals surface area contributed by atoms with Crippen molar-refractivity contribution in [1.29, 1.82) is 0 Å². The lowest BCUT2D eigenvalue weighted by molar-refractivity contribution is -0.119. The Kier molecular flexibility index (Phi) is 6.48. The van der Waals surface area contributed by atoms with Crippen LogP contribution in [0.25, 0.3) is 11.1 Å². The Hall–Kier alpha value is -2.49. The smallest absolute Gasteiger partial charge is 0.239 e. The van der Waals surface area contributed by atoms with E-state index in [9.17, 15) is 4.79 Å². The van der Waals surface area contributed by atoms with Crippen LogP contribution >= 0.6 is 0 Å². The van der Waals surface area contributed by atoms with Gasteiger partial charge in [-0.15, -0.1) is 0 Å². The van der Waals surface area contributed by atoms with Gasteiger partial charge in [0, 0.05) is 12.2 Å². The fourth-order valence-corrected chi connectivity index (χ4v) is 2.20. The lowest BCUT2D eigenvalue weighted by atomic mass is 10.1. The Morgan fingerprint density at radius 1 is 0.957 bits per heavy atom. The van der Waals surface area contributed by atoms with Crippen LogP contribution in [0.5, 0.6) is 5.75 Å². The summed E-state index contributed by atoms with van der Waals surface area (Å²) in [5, 5.41) is 5.97. The average molecular weight is 312 g/mol. The number of anilines is 1. The molecule has 0 saturated heterocycles. The number of carbonyl (C=O) groups excluding carboxylic acids is 1. The first-order valence-electron chi connectivity index (χ1n) is 8.06. The molecule has 0 aliphatic heterocycles. The molecule has 0 atom stereocenters. The standard InChI is InChI=1S/C19H24N2O2/c1-3-13-20-19(22)14-21-17-9-5-15(6-10-17)16-7-11-18(12-8-16)23-4-2/h5-12,21H,3-4,13-14H2,1-2H3,(H,20,22). The highest BCUT2D eigenvalue weighted by Gasteiger charge is 2.02. The summed E-state index contributed by atoms with van der Waals surface area (Å²) in [5.74, 6) is 0.898. The molecule has 2 aromatic rings. The Morgan fingerprint density at radius 2 is 1.57 bits per heavy atom. The predicted octanol–water partition coefficient (Wildman–Crippen LogP) is 3.69. The Balaban J connectivity index is 1.92. The molecule has 0 bridgehead atoms. The summed E-state index contributed by atoms with van der Waals surface area (Å²) in [6, 6.07) is 16.1. The molecule has 4 heteroatoms. The summed E-state index contributed by atoms with van der Waals surface area (Å²) < 4.78 is 5.45. The quantitative estimate of drug-likeness (QED) is 0.781. The predicted molar refractivity (Wildman–Crippen MR) is 94.8 cm³/mol. The minimum atomic E-state index is 0.0161. The number of nitrogens with one attached hydrogen (secondary N) is 2. The van der Waals surface area contributed by atoms with Crippen molar-refractivity contribution in [2.24, 2.45) is 0 Å². The van der Waals surface area contributed by atoms with Crippen molar-refractivity contribution in [2.45, 2.75) is 20.3 Å². The maximum absolute atomic E-state index is 11.6. The van der Waals surface area contributed by atoms with E-state index in [1.54, 1.807) is 0 Å². The monoisotopic (exact) mass is 312 g/mol. The second-order valence-electron chi connectivity index (χ2n) is 5.24. The molecule has 0 aliphatic carbocycles. The lowest BCUT2D eigenvalue weighted by Gasteiger charge is -2.09. The number of hydrogen-bond acceptors (Lipinski definition) is 3. The van der Waals surface area contributed by atoms with Crippen molar-refractivity contribution < 1.29 is 9.53 Å². The van der Waals surface area contributed by atoms with E-state index in [0.29, 0.717) is 13.2 Å². The second kappa shape index (κ2) is 8.83. The summed E-state index contributed by atoms with van der Waals surface area (Å²) in [6.45, 7) is 5.70. The second-order valence-corrected chi connectivity index (χ2v) is 5.24.